The van der Waals surface area contributed by atoms with Crippen LogP contribution >= 0.6 is 12.4 Å². The van der Waals surface area contributed by atoms with Crippen molar-refractivity contribution < 1.29 is 4.79 Å². The fourth-order valence-corrected chi connectivity index (χ4v) is 2.31. The van der Waals surface area contributed by atoms with E-state index in [1.165, 1.54) is 12.8 Å². The number of benzene rings is 1. The van der Waals surface area contributed by atoms with Gasteiger partial charge in [0.1, 0.15) is 0 Å². The van der Waals surface area contributed by atoms with Crippen LogP contribution in [-0.2, 0) is 0 Å². The van der Waals surface area contributed by atoms with Crippen LogP contribution < -0.4 is 0 Å². The number of hydrogen-bond donors (Lipinski definition) is 0. The fourth-order valence-electron chi connectivity index (χ4n) is 2.31. The fraction of sp³-hybridized carbons (Fsp3) is 0.533. The standard InChI is InChI=1S/C15H21NO.ClH/c1-13-7-10-16(11-8-13)12-9-15(17)14-5-3-2-4-6-14;/h2-6,13H,7-12H2,1H3;1H. The molecular formula is C15H22ClNO. The molecule has 100 valence electrons. The Hall–Kier alpha value is -0.860. The molecule has 18 heavy (non-hydrogen) atoms. The lowest BCUT2D eigenvalue weighted by atomic mass is 9.99. The number of likely N-dealkylation sites (tertiary alicyclic amines) is 1. The van der Waals surface area contributed by atoms with Crippen LogP contribution in [0.25, 0.3) is 0 Å². The molecular weight excluding hydrogens is 246 g/mol. The summed E-state index contributed by atoms with van der Waals surface area (Å²) in [5.74, 6) is 1.13. The van der Waals surface area contributed by atoms with Crippen molar-refractivity contribution in [2.24, 2.45) is 5.92 Å². The van der Waals surface area contributed by atoms with Crippen LogP contribution in [-0.4, -0.2) is 30.3 Å². The van der Waals surface area contributed by atoms with Gasteiger partial charge in [0.05, 0.1) is 0 Å². The van der Waals surface area contributed by atoms with Crippen molar-refractivity contribution in [3.05, 3.63) is 35.9 Å². The highest BCUT2D eigenvalue weighted by Crippen LogP contribution is 2.16. The second kappa shape index (κ2) is 7.55. The quantitative estimate of drug-likeness (QED) is 0.779. The summed E-state index contributed by atoms with van der Waals surface area (Å²) < 4.78 is 0. The maximum Gasteiger partial charge on any atom is 0.164 e. The Morgan fingerprint density at radius 3 is 2.44 bits per heavy atom. The first-order chi connectivity index (χ1) is 8.25. The van der Waals surface area contributed by atoms with E-state index in [2.05, 4.69) is 11.8 Å². The van der Waals surface area contributed by atoms with Crippen molar-refractivity contribution in [2.75, 3.05) is 19.6 Å². The Morgan fingerprint density at radius 2 is 1.83 bits per heavy atom. The number of ketones is 1. The van der Waals surface area contributed by atoms with Gasteiger partial charge in [-0.15, -0.1) is 12.4 Å². The summed E-state index contributed by atoms with van der Waals surface area (Å²) in [5, 5.41) is 0. The Morgan fingerprint density at radius 1 is 1.22 bits per heavy atom. The van der Waals surface area contributed by atoms with E-state index in [9.17, 15) is 4.79 Å². The molecule has 0 saturated carbocycles. The molecule has 1 aromatic carbocycles. The van der Waals surface area contributed by atoms with E-state index in [1.807, 2.05) is 30.3 Å². The SMILES string of the molecule is CC1CCN(CCC(=O)c2ccccc2)CC1.Cl. The minimum absolute atomic E-state index is 0. The minimum Gasteiger partial charge on any atom is -0.303 e. The number of carbonyl (C=O) groups excluding carboxylic acids is 1. The number of halogens is 1. The Bertz CT molecular complexity index is 358. The summed E-state index contributed by atoms with van der Waals surface area (Å²) in [6.45, 7) is 5.54. The second-order valence-corrected chi connectivity index (χ2v) is 5.06. The first kappa shape index (κ1) is 15.2. The normalized spacial score (nSPS) is 17.2. The number of Topliss-reactive ketones (excluding diaryl/α,β-unsaturated/α-hetero) is 1. The van der Waals surface area contributed by atoms with Crippen molar-refractivity contribution in [3.8, 4) is 0 Å². The molecule has 1 aliphatic heterocycles. The molecule has 0 bridgehead atoms. The first-order valence-corrected chi connectivity index (χ1v) is 6.56. The zero-order chi connectivity index (χ0) is 12.1. The molecule has 3 heteroatoms. The molecule has 0 N–H and O–H groups in total. The van der Waals surface area contributed by atoms with Gasteiger partial charge in [-0.2, -0.15) is 0 Å². The Kier molecular flexibility index (Phi) is 6.37. The van der Waals surface area contributed by atoms with E-state index < -0.39 is 0 Å². The summed E-state index contributed by atoms with van der Waals surface area (Å²) in [5.41, 5.74) is 0.845. The maximum absolute atomic E-state index is 11.9. The third-order valence-corrected chi connectivity index (χ3v) is 3.63. The van der Waals surface area contributed by atoms with Gasteiger partial charge in [-0.1, -0.05) is 37.3 Å². The molecule has 0 aromatic heterocycles. The molecule has 1 saturated heterocycles. The lowest BCUT2D eigenvalue weighted by molar-refractivity contribution is 0.0953. The van der Waals surface area contributed by atoms with E-state index in [4.69, 9.17) is 0 Å². The number of rotatable bonds is 4. The molecule has 1 heterocycles. The van der Waals surface area contributed by atoms with E-state index >= 15 is 0 Å². The van der Waals surface area contributed by atoms with Gasteiger partial charge in [0.25, 0.3) is 0 Å². The predicted octanol–water partition coefficient (Wildman–Crippen LogP) is 3.41. The highest BCUT2D eigenvalue weighted by atomic mass is 35.5. The molecule has 2 rings (SSSR count). The zero-order valence-corrected chi connectivity index (χ0v) is 11.8. The third-order valence-electron chi connectivity index (χ3n) is 3.63. The first-order valence-electron chi connectivity index (χ1n) is 6.56. The van der Waals surface area contributed by atoms with Gasteiger partial charge in [0.15, 0.2) is 5.78 Å². The molecule has 0 radical (unpaired) electrons. The minimum atomic E-state index is 0. The Labute approximate surface area is 116 Å². The summed E-state index contributed by atoms with van der Waals surface area (Å²) in [6, 6.07) is 9.61. The van der Waals surface area contributed by atoms with Crippen LogP contribution in [0.15, 0.2) is 30.3 Å². The predicted molar refractivity (Wildman–Crippen MR) is 77.5 cm³/mol. The van der Waals surface area contributed by atoms with Crippen molar-refractivity contribution in [1.82, 2.24) is 4.90 Å². The maximum atomic E-state index is 11.9. The van der Waals surface area contributed by atoms with Gasteiger partial charge in [-0.25, -0.2) is 0 Å². The summed E-state index contributed by atoms with van der Waals surface area (Å²) in [6.07, 6.45) is 3.21. The van der Waals surface area contributed by atoms with Gasteiger partial charge in [-0.3, -0.25) is 4.79 Å². The van der Waals surface area contributed by atoms with Gasteiger partial charge >= 0.3 is 0 Å². The lowest BCUT2D eigenvalue weighted by Gasteiger charge is -2.29. The molecule has 0 atom stereocenters. The van der Waals surface area contributed by atoms with Crippen LogP contribution in [0.2, 0.25) is 0 Å². The van der Waals surface area contributed by atoms with Gasteiger partial charge in [-0.05, 0) is 31.8 Å². The molecule has 0 unspecified atom stereocenters. The van der Waals surface area contributed by atoms with Gasteiger partial charge in [0, 0.05) is 18.5 Å². The number of hydrogen-bond acceptors (Lipinski definition) is 2. The van der Waals surface area contributed by atoms with Crippen LogP contribution in [0.4, 0.5) is 0 Å². The summed E-state index contributed by atoms with van der Waals surface area (Å²) in [4.78, 5) is 14.3. The lowest BCUT2D eigenvalue weighted by Crippen LogP contribution is -2.34. The average Bonchev–Trinajstić information content (AvgIpc) is 2.39. The van der Waals surface area contributed by atoms with E-state index in [-0.39, 0.29) is 18.2 Å². The second-order valence-electron chi connectivity index (χ2n) is 5.06. The smallest absolute Gasteiger partial charge is 0.164 e. The molecule has 1 aromatic rings. The third kappa shape index (κ3) is 4.43. The molecule has 0 spiro atoms. The molecule has 1 aliphatic rings. The van der Waals surface area contributed by atoms with Gasteiger partial charge < -0.3 is 4.90 Å². The van der Waals surface area contributed by atoms with Crippen molar-refractivity contribution in [2.45, 2.75) is 26.2 Å². The van der Waals surface area contributed by atoms with Crippen LogP contribution in [0.1, 0.15) is 36.5 Å². The van der Waals surface area contributed by atoms with E-state index in [0.717, 1.165) is 31.1 Å². The number of nitrogens with zero attached hydrogens (tertiary/aromatic N) is 1. The van der Waals surface area contributed by atoms with Crippen LogP contribution in [0.5, 0.6) is 0 Å². The number of carbonyl (C=O) groups is 1. The highest BCUT2D eigenvalue weighted by Gasteiger charge is 2.16. The van der Waals surface area contributed by atoms with Crippen molar-refractivity contribution in [3.63, 3.8) is 0 Å². The topological polar surface area (TPSA) is 20.3 Å². The molecule has 0 aliphatic carbocycles. The molecule has 0 amide bonds. The van der Waals surface area contributed by atoms with Crippen molar-refractivity contribution >= 4 is 18.2 Å². The largest absolute Gasteiger partial charge is 0.303 e. The molecule has 2 nitrogen and oxygen atoms in total. The summed E-state index contributed by atoms with van der Waals surface area (Å²) >= 11 is 0. The Balaban J connectivity index is 0.00000162. The molecule has 1 fully saturated rings. The summed E-state index contributed by atoms with van der Waals surface area (Å²) in [7, 11) is 0. The number of piperidine rings is 1. The van der Waals surface area contributed by atoms with Crippen molar-refractivity contribution in [1.29, 1.82) is 0 Å². The van der Waals surface area contributed by atoms with E-state index in [1.54, 1.807) is 0 Å². The highest BCUT2D eigenvalue weighted by molar-refractivity contribution is 5.96. The van der Waals surface area contributed by atoms with E-state index in [0.29, 0.717) is 6.42 Å². The zero-order valence-electron chi connectivity index (χ0n) is 11.0. The van der Waals surface area contributed by atoms with Gasteiger partial charge in [0.2, 0.25) is 0 Å². The average molecular weight is 268 g/mol. The van der Waals surface area contributed by atoms with Crippen LogP contribution in [0.3, 0.4) is 0 Å². The monoisotopic (exact) mass is 267 g/mol. The van der Waals surface area contributed by atoms with Crippen LogP contribution in [0, 0.1) is 5.92 Å².